The maximum absolute atomic E-state index is 12.8. The molecule has 2 bridgehead atoms. The van der Waals surface area contributed by atoms with E-state index in [4.69, 9.17) is 10.7 Å². The van der Waals surface area contributed by atoms with Crippen LogP contribution in [-0.2, 0) is 9.84 Å². The van der Waals surface area contributed by atoms with Gasteiger partial charge in [-0.05, 0) is 31.7 Å². The summed E-state index contributed by atoms with van der Waals surface area (Å²) in [5, 5.41) is 18.7. The number of sulfone groups is 1. The number of nitrogen functional groups attached to an aromatic ring is 1. The summed E-state index contributed by atoms with van der Waals surface area (Å²) in [5.74, 6) is 0.0761. The van der Waals surface area contributed by atoms with Gasteiger partial charge in [0.15, 0.2) is 15.5 Å². The molecule has 10 heteroatoms. The van der Waals surface area contributed by atoms with Crippen molar-refractivity contribution in [3.05, 3.63) is 54.5 Å². The number of piperidine rings is 1. The number of nitrogens with two attached hydrogens (primary N) is 1. The van der Waals surface area contributed by atoms with Crippen LogP contribution in [-0.4, -0.2) is 51.4 Å². The number of nitrogens with one attached hydrogen (secondary N) is 1. The molecule has 0 aliphatic carbocycles. The summed E-state index contributed by atoms with van der Waals surface area (Å²) in [5.41, 5.74) is 9.90. The Kier molecular flexibility index (Phi) is 5.05. The highest BCUT2D eigenvalue weighted by Gasteiger charge is 2.38. The van der Waals surface area contributed by atoms with Crippen LogP contribution in [0.25, 0.3) is 28.0 Å². The Morgan fingerprint density at radius 2 is 1.80 bits per heavy atom. The number of hydrogen-bond donors (Lipinski definition) is 3. The average Bonchev–Trinajstić information content (AvgIpc) is 3.41. The number of hydrogen-bond acceptors (Lipinski definition) is 8. The molecule has 9 nitrogen and oxygen atoms in total. The van der Waals surface area contributed by atoms with E-state index in [2.05, 4.69) is 15.4 Å². The average molecular weight is 491 g/mol. The Bertz CT molecular complexity index is 1540. The highest BCUT2D eigenvalue weighted by molar-refractivity contribution is 7.91. The Balaban J connectivity index is 1.50. The Morgan fingerprint density at radius 3 is 2.46 bits per heavy atom. The van der Waals surface area contributed by atoms with Crippen molar-refractivity contribution in [3.63, 3.8) is 0 Å². The van der Waals surface area contributed by atoms with Crippen LogP contribution in [0.5, 0.6) is 5.75 Å². The van der Waals surface area contributed by atoms with Gasteiger partial charge >= 0.3 is 0 Å². The SMILES string of the molecule is CS(=O)(=O)c1c(C2CC3CCC(C2)N3)nc2c(-c3cnc(-c4ccccc4)c(O)c3)cnn2c1N. The van der Waals surface area contributed by atoms with E-state index in [1.807, 2.05) is 30.3 Å². The molecule has 2 aliphatic heterocycles. The van der Waals surface area contributed by atoms with Crippen LogP contribution in [0.3, 0.4) is 0 Å². The second-order valence-electron chi connectivity index (χ2n) is 9.54. The fourth-order valence-corrected chi connectivity index (χ4v) is 6.64. The first kappa shape index (κ1) is 22.0. The molecule has 2 atom stereocenters. The smallest absolute Gasteiger partial charge is 0.180 e. The van der Waals surface area contributed by atoms with Crippen molar-refractivity contribution < 1.29 is 13.5 Å². The second-order valence-corrected chi connectivity index (χ2v) is 11.5. The van der Waals surface area contributed by atoms with Gasteiger partial charge in [-0.1, -0.05) is 30.3 Å². The molecule has 1 aromatic carbocycles. The zero-order chi connectivity index (χ0) is 24.3. The van der Waals surface area contributed by atoms with E-state index < -0.39 is 9.84 Å². The van der Waals surface area contributed by atoms with Gasteiger partial charge in [0, 0.05) is 47.1 Å². The van der Waals surface area contributed by atoms with E-state index in [9.17, 15) is 13.5 Å². The van der Waals surface area contributed by atoms with Crippen molar-refractivity contribution in [1.82, 2.24) is 24.9 Å². The van der Waals surface area contributed by atoms with Gasteiger partial charge in [0.1, 0.15) is 22.2 Å². The Morgan fingerprint density at radius 1 is 1.09 bits per heavy atom. The molecule has 2 fully saturated rings. The standard InChI is InChI=1S/C25H26N6O3S/c1-35(33,34)23-22(15-9-17-7-8-18(10-15)29-17)30-25-19(13-28-31(25)24(23)26)16-11-20(32)21(27-12-16)14-5-3-2-4-6-14/h2-6,11-13,15,17-18,29,32H,7-10,26H2,1H3. The monoisotopic (exact) mass is 490 g/mol. The lowest BCUT2D eigenvalue weighted by molar-refractivity contribution is 0.355. The molecule has 6 rings (SSSR count). The van der Waals surface area contributed by atoms with Gasteiger partial charge < -0.3 is 16.2 Å². The summed E-state index contributed by atoms with van der Waals surface area (Å²) in [6.07, 6.45) is 8.22. The molecule has 3 aromatic heterocycles. The predicted octanol–water partition coefficient (Wildman–Crippen LogP) is 3.15. The summed E-state index contributed by atoms with van der Waals surface area (Å²) in [7, 11) is -3.64. The van der Waals surface area contributed by atoms with Crippen LogP contribution < -0.4 is 11.1 Å². The zero-order valence-corrected chi connectivity index (χ0v) is 20.0. The van der Waals surface area contributed by atoms with Crippen molar-refractivity contribution in [2.24, 2.45) is 0 Å². The highest BCUT2D eigenvalue weighted by Crippen LogP contribution is 2.41. The van der Waals surface area contributed by atoms with Gasteiger partial charge in [0.25, 0.3) is 0 Å². The Labute approximate surface area is 203 Å². The largest absolute Gasteiger partial charge is 0.506 e. The fraction of sp³-hybridized carbons (Fsp3) is 0.320. The van der Waals surface area contributed by atoms with Gasteiger partial charge in [0.05, 0.1) is 11.9 Å². The van der Waals surface area contributed by atoms with Crippen molar-refractivity contribution in [2.75, 3.05) is 12.0 Å². The van der Waals surface area contributed by atoms with Gasteiger partial charge in [-0.15, -0.1) is 0 Å². The number of rotatable bonds is 4. The third kappa shape index (κ3) is 3.73. The van der Waals surface area contributed by atoms with E-state index >= 15 is 0 Å². The van der Waals surface area contributed by atoms with E-state index in [0.717, 1.165) is 31.2 Å². The minimum atomic E-state index is -3.64. The van der Waals surface area contributed by atoms with Crippen molar-refractivity contribution in [1.29, 1.82) is 0 Å². The summed E-state index contributed by atoms with van der Waals surface area (Å²) in [4.78, 5) is 9.42. The fourth-order valence-electron chi connectivity index (χ4n) is 5.58. The number of nitrogens with zero attached hydrogens (tertiary/aromatic N) is 4. The third-order valence-corrected chi connectivity index (χ3v) is 8.28. The summed E-state index contributed by atoms with van der Waals surface area (Å²) in [6, 6.07) is 11.8. The van der Waals surface area contributed by atoms with Crippen LogP contribution in [0.2, 0.25) is 0 Å². The molecule has 4 aromatic rings. The van der Waals surface area contributed by atoms with Crippen LogP contribution in [0.1, 0.15) is 37.3 Å². The molecule has 0 spiro atoms. The van der Waals surface area contributed by atoms with Crippen LogP contribution in [0.15, 0.2) is 53.7 Å². The van der Waals surface area contributed by atoms with E-state index in [1.54, 1.807) is 18.5 Å². The number of aromatic nitrogens is 4. The molecular weight excluding hydrogens is 464 g/mol. The molecule has 2 aliphatic rings. The first-order chi connectivity index (χ1) is 16.8. The molecule has 2 unspecified atom stereocenters. The van der Waals surface area contributed by atoms with Crippen LogP contribution >= 0.6 is 0 Å². The maximum Gasteiger partial charge on any atom is 0.180 e. The van der Waals surface area contributed by atoms with E-state index in [1.165, 1.54) is 10.8 Å². The minimum absolute atomic E-state index is 0.0134. The first-order valence-electron chi connectivity index (χ1n) is 11.7. The Hall–Kier alpha value is -3.50. The number of aromatic hydroxyl groups is 1. The van der Waals surface area contributed by atoms with Crippen LogP contribution in [0, 0.1) is 0 Å². The first-order valence-corrected chi connectivity index (χ1v) is 13.6. The van der Waals surface area contributed by atoms with Gasteiger partial charge in [-0.3, -0.25) is 4.98 Å². The third-order valence-electron chi connectivity index (χ3n) is 7.12. The lowest BCUT2D eigenvalue weighted by Gasteiger charge is -2.30. The molecule has 2 saturated heterocycles. The topological polar surface area (TPSA) is 136 Å². The lowest BCUT2D eigenvalue weighted by Crippen LogP contribution is -2.38. The van der Waals surface area contributed by atoms with Crippen molar-refractivity contribution >= 4 is 21.3 Å². The lowest BCUT2D eigenvalue weighted by atomic mass is 9.89. The maximum atomic E-state index is 12.8. The van der Waals surface area contributed by atoms with Crippen LogP contribution in [0.4, 0.5) is 5.82 Å². The summed E-state index contributed by atoms with van der Waals surface area (Å²) in [6.45, 7) is 0. The number of benzene rings is 1. The van der Waals surface area contributed by atoms with Gasteiger partial charge in [0.2, 0.25) is 0 Å². The van der Waals surface area contributed by atoms with Gasteiger partial charge in [-0.2, -0.15) is 9.61 Å². The molecule has 5 heterocycles. The number of pyridine rings is 1. The molecule has 0 radical (unpaired) electrons. The normalized spacial score (nSPS) is 22.0. The molecular formula is C25H26N6O3S. The molecule has 0 saturated carbocycles. The number of fused-ring (bicyclic) bond motifs is 3. The van der Waals surface area contributed by atoms with Crippen molar-refractivity contribution in [2.45, 2.75) is 48.6 Å². The highest BCUT2D eigenvalue weighted by atomic mass is 32.2. The molecule has 0 amide bonds. The molecule has 180 valence electrons. The summed E-state index contributed by atoms with van der Waals surface area (Å²) < 4.78 is 27.0. The van der Waals surface area contributed by atoms with Crippen molar-refractivity contribution in [3.8, 4) is 28.1 Å². The van der Waals surface area contributed by atoms with E-state index in [0.29, 0.717) is 40.2 Å². The molecule has 4 N–H and O–H groups in total. The van der Waals surface area contributed by atoms with E-state index in [-0.39, 0.29) is 22.4 Å². The minimum Gasteiger partial charge on any atom is -0.506 e. The number of anilines is 1. The van der Waals surface area contributed by atoms with Gasteiger partial charge in [-0.25, -0.2) is 13.4 Å². The summed E-state index contributed by atoms with van der Waals surface area (Å²) >= 11 is 0. The molecule has 35 heavy (non-hydrogen) atoms. The zero-order valence-electron chi connectivity index (χ0n) is 19.2. The second kappa shape index (κ2) is 8.03. The predicted molar refractivity (Wildman–Crippen MR) is 133 cm³/mol. The quantitative estimate of drug-likeness (QED) is 0.397.